The molecule has 0 saturated carbocycles. The van der Waals surface area contributed by atoms with Crippen LogP contribution >= 0.6 is 0 Å². The lowest BCUT2D eigenvalue weighted by Gasteiger charge is -2.45. The van der Waals surface area contributed by atoms with Gasteiger partial charge in [0.2, 0.25) is 0 Å². The molecule has 2 aromatic carbocycles. The molecule has 1 spiro atoms. The summed E-state index contributed by atoms with van der Waals surface area (Å²) in [5.41, 5.74) is 7.09. The summed E-state index contributed by atoms with van der Waals surface area (Å²) >= 11 is 0. The van der Waals surface area contributed by atoms with Crippen molar-refractivity contribution in [2.24, 2.45) is 5.73 Å². The highest BCUT2D eigenvalue weighted by Gasteiger charge is 2.39. The molecular weight excluding hydrogens is 272 g/mol. The Labute approximate surface area is 132 Å². The highest BCUT2D eigenvalue weighted by Crippen LogP contribution is 2.42. The summed E-state index contributed by atoms with van der Waals surface area (Å²) in [5.74, 6) is 1.14. The van der Waals surface area contributed by atoms with Crippen LogP contribution in [0.25, 0.3) is 10.8 Å². The highest BCUT2D eigenvalue weighted by molar-refractivity contribution is 5.89. The molecule has 0 aliphatic carbocycles. The minimum Gasteiger partial charge on any atom is -0.486 e. The Balaban J connectivity index is 1.62. The molecule has 3 nitrogen and oxygen atoms in total. The van der Waals surface area contributed by atoms with E-state index in [1.165, 1.54) is 16.3 Å². The number of nitrogens with two attached hydrogens (primary N) is 1. The molecule has 2 aromatic rings. The molecular formula is C19H24N2O. The predicted molar refractivity (Wildman–Crippen MR) is 90.4 cm³/mol. The van der Waals surface area contributed by atoms with Gasteiger partial charge in [-0.2, -0.15) is 0 Å². The van der Waals surface area contributed by atoms with Crippen molar-refractivity contribution in [3.63, 3.8) is 0 Å². The number of ether oxygens (including phenoxy) is 1. The summed E-state index contributed by atoms with van der Waals surface area (Å²) in [6.45, 7) is 3.98. The Bertz CT molecular complexity index is 674. The van der Waals surface area contributed by atoms with E-state index in [2.05, 4.69) is 41.3 Å². The summed E-state index contributed by atoms with van der Waals surface area (Å²) in [6, 6.07) is 13.0. The number of likely N-dealkylation sites (tertiary alicyclic amines) is 1. The molecule has 1 saturated heterocycles. The van der Waals surface area contributed by atoms with Crippen molar-refractivity contribution in [2.45, 2.75) is 31.3 Å². The maximum absolute atomic E-state index is 6.64. The number of hydrogen-bond acceptors (Lipinski definition) is 3. The SMILES string of the molecule is NCCN1CCC2(CCc3ccc4ccccc4c3O2)CC1. The number of fused-ring (bicyclic) bond motifs is 3. The van der Waals surface area contributed by atoms with Gasteiger partial charge in [0, 0.05) is 31.6 Å². The average Bonchev–Trinajstić information content (AvgIpc) is 2.57. The van der Waals surface area contributed by atoms with Gasteiger partial charge in [0.15, 0.2) is 0 Å². The smallest absolute Gasteiger partial charge is 0.131 e. The Morgan fingerprint density at radius 1 is 1.05 bits per heavy atom. The summed E-state index contributed by atoms with van der Waals surface area (Å²) in [7, 11) is 0. The van der Waals surface area contributed by atoms with E-state index in [0.29, 0.717) is 0 Å². The van der Waals surface area contributed by atoms with Crippen molar-refractivity contribution in [1.29, 1.82) is 0 Å². The maximum Gasteiger partial charge on any atom is 0.131 e. The number of aryl methyl sites for hydroxylation is 1. The monoisotopic (exact) mass is 296 g/mol. The second kappa shape index (κ2) is 5.56. The number of rotatable bonds is 2. The fraction of sp³-hybridized carbons (Fsp3) is 0.474. The van der Waals surface area contributed by atoms with Gasteiger partial charge < -0.3 is 15.4 Å². The van der Waals surface area contributed by atoms with E-state index in [-0.39, 0.29) is 5.60 Å². The molecule has 4 rings (SSSR count). The van der Waals surface area contributed by atoms with Crippen LogP contribution < -0.4 is 10.5 Å². The first-order valence-corrected chi connectivity index (χ1v) is 8.42. The summed E-state index contributed by atoms with van der Waals surface area (Å²) < 4.78 is 6.64. The Kier molecular flexibility index (Phi) is 3.55. The fourth-order valence-corrected chi connectivity index (χ4v) is 3.95. The third-order valence-corrected chi connectivity index (χ3v) is 5.34. The Morgan fingerprint density at radius 2 is 1.86 bits per heavy atom. The van der Waals surface area contributed by atoms with Crippen LogP contribution in [0.5, 0.6) is 5.75 Å². The van der Waals surface area contributed by atoms with Gasteiger partial charge in [-0.05, 0) is 36.6 Å². The van der Waals surface area contributed by atoms with Gasteiger partial charge in [0.25, 0.3) is 0 Å². The number of hydrogen-bond donors (Lipinski definition) is 1. The lowest BCUT2D eigenvalue weighted by atomic mass is 9.82. The van der Waals surface area contributed by atoms with Crippen LogP contribution in [0.2, 0.25) is 0 Å². The van der Waals surface area contributed by atoms with Crippen LogP contribution in [0, 0.1) is 0 Å². The third kappa shape index (κ3) is 2.38. The number of piperidine rings is 1. The largest absolute Gasteiger partial charge is 0.486 e. The van der Waals surface area contributed by atoms with Crippen molar-refractivity contribution in [3.05, 3.63) is 42.0 Å². The molecule has 2 N–H and O–H groups in total. The lowest BCUT2D eigenvalue weighted by Crippen LogP contribution is -2.50. The Morgan fingerprint density at radius 3 is 2.68 bits per heavy atom. The Hall–Kier alpha value is -1.58. The van der Waals surface area contributed by atoms with Crippen molar-refractivity contribution in [2.75, 3.05) is 26.2 Å². The molecule has 2 heterocycles. The van der Waals surface area contributed by atoms with Crippen LogP contribution in [0.3, 0.4) is 0 Å². The van der Waals surface area contributed by atoms with Crippen LogP contribution in [0.4, 0.5) is 0 Å². The first kappa shape index (κ1) is 14.0. The molecule has 116 valence electrons. The van der Waals surface area contributed by atoms with E-state index in [4.69, 9.17) is 10.5 Å². The minimum absolute atomic E-state index is 0.0439. The molecule has 0 amide bonds. The zero-order valence-corrected chi connectivity index (χ0v) is 13.1. The molecule has 2 aliphatic rings. The second-order valence-electron chi connectivity index (χ2n) is 6.69. The van der Waals surface area contributed by atoms with E-state index in [9.17, 15) is 0 Å². The van der Waals surface area contributed by atoms with E-state index in [1.54, 1.807) is 0 Å². The fourth-order valence-electron chi connectivity index (χ4n) is 3.95. The normalized spacial score (nSPS) is 20.8. The quantitative estimate of drug-likeness (QED) is 0.926. The molecule has 1 fully saturated rings. The summed E-state index contributed by atoms with van der Waals surface area (Å²) in [6.07, 6.45) is 4.52. The zero-order valence-electron chi connectivity index (χ0n) is 13.1. The first-order chi connectivity index (χ1) is 10.8. The third-order valence-electron chi connectivity index (χ3n) is 5.34. The molecule has 2 aliphatic heterocycles. The van der Waals surface area contributed by atoms with Crippen molar-refractivity contribution >= 4 is 10.8 Å². The van der Waals surface area contributed by atoms with Gasteiger partial charge in [0.05, 0.1) is 0 Å². The van der Waals surface area contributed by atoms with Crippen molar-refractivity contribution < 1.29 is 4.74 Å². The molecule has 22 heavy (non-hydrogen) atoms. The van der Waals surface area contributed by atoms with E-state index >= 15 is 0 Å². The van der Waals surface area contributed by atoms with Crippen molar-refractivity contribution in [1.82, 2.24) is 4.90 Å². The average molecular weight is 296 g/mol. The molecule has 0 aromatic heterocycles. The van der Waals surface area contributed by atoms with Gasteiger partial charge in [-0.3, -0.25) is 0 Å². The minimum atomic E-state index is 0.0439. The van der Waals surface area contributed by atoms with Gasteiger partial charge in [0.1, 0.15) is 11.4 Å². The van der Waals surface area contributed by atoms with Crippen LogP contribution in [0.1, 0.15) is 24.8 Å². The highest BCUT2D eigenvalue weighted by atomic mass is 16.5. The zero-order chi connectivity index (χ0) is 15.0. The molecule has 0 radical (unpaired) electrons. The standard InChI is InChI=1S/C19H24N2O/c20-11-14-21-12-9-19(10-13-21)8-7-16-6-5-15-3-1-2-4-17(15)18(16)22-19/h1-6H,7-14,20H2. The van der Waals surface area contributed by atoms with Gasteiger partial charge >= 0.3 is 0 Å². The van der Waals surface area contributed by atoms with Gasteiger partial charge in [-0.1, -0.05) is 36.4 Å². The van der Waals surface area contributed by atoms with Crippen LogP contribution in [-0.4, -0.2) is 36.7 Å². The summed E-state index contributed by atoms with van der Waals surface area (Å²) in [5, 5.41) is 2.54. The molecule has 0 unspecified atom stereocenters. The number of nitrogens with zero attached hydrogens (tertiary/aromatic N) is 1. The summed E-state index contributed by atoms with van der Waals surface area (Å²) in [4.78, 5) is 2.47. The van der Waals surface area contributed by atoms with Crippen molar-refractivity contribution in [3.8, 4) is 5.75 Å². The van der Waals surface area contributed by atoms with Crippen LogP contribution in [-0.2, 0) is 6.42 Å². The van der Waals surface area contributed by atoms with Gasteiger partial charge in [-0.25, -0.2) is 0 Å². The molecule has 3 heteroatoms. The van der Waals surface area contributed by atoms with Crippen LogP contribution in [0.15, 0.2) is 36.4 Å². The molecule has 0 atom stereocenters. The van der Waals surface area contributed by atoms with E-state index < -0.39 is 0 Å². The number of benzene rings is 2. The predicted octanol–water partition coefficient (Wildman–Crippen LogP) is 2.96. The van der Waals surface area contributed by atoms with E-state index in [0.717, 1.165) is 57.6 Å². The second-order valence-corrected chi connectivity index (χ2v) is 6.69. The topological polar surface area (TPSA) is 38.5 Å². The molecule has 0 bridgehead atoms. The van der Waals surface area contributed by atoms with E-state index in [1.807, 2.05) is 0 Å². The lowest BCUT2D eigenvalue weighted by molar-refractivity contribution is -0.0124. The first-order valence-electron chi connectivity index (χ1n) is 8.42. The maximum atomic E-state index is 6.64. The van der Waals surface area contributed by atoms with Gasteiger partial charge in [-0.15, -0.1) is 0 Å².